The zero-order chi connectivity index (χ0) is 16.2. The lowest BCUT2D eigenvalue weighted by Gasteiger charge is -2.13. The maximum Gasteiger partial charge on any atom is 0.257 e. The first-order valence-electron chi connectivity index (χ1n) is 7.41. The van der Waals surface area contributed by atoms with Crippen molar-refractivity contribution in [2.24, 2.45) is 0 Å². The minimum atomic E-state index is -0.232. The van der Waals surface area contributed by atoms with Crippen LogP contribution in [0.15, 0.2) is 60.2 Å². The molecule has 1 saturated heterocycles. The molecule has 0 aromatic heterocycles. The fourth-order valence-corrected chi connectivity index (χ4v) is 2.63. The van der Waals surface area contributed by atoms with Crippen LogP contribution in [0.4, 0.5) is 0 Å². The van der Waals surface area contributed by atoms with Crippen molar-refractivity contribution >= 4 is 17.9 Å². The third-order valence-corrected chi connectivity index (χ3v) is 3.81. The molecule has 2 aromatic carbocycles. The summed E-state index contributed by atoms with van der Waals surface area (Å²) in [6, 6.07) is 16.9. The first kappa shape index (κ1) is 15.0. The molecule has 1 aliphatic heterocycles. The van der Waals surface area contributed by atoms with Crippen molar-refractivity contribution in [3.05, 3.63) is 71.3 Å². The molecule has 116 valence electrons. The van der Waals surface area contributed by atoms with E-state index in [1.165, 1.54) is 4.90 Å². The van der Waals surface area contributed by atoms with Crippen molar-refractivity contribution < 1.29 is 14.3 Å². The van der Waals surface area contributed by atoms with Gasteiger partial charge in [0.2, 0.25) is 5.91 Å². The van der Waals surface area contributed by atoms with Crippen LogP contribution in [0.25, 0.3) is 6.08 Å². The van der Waals surface area contributed by atoms with Crippen LogP contribution < -0.4 is 4.74 Å². The van der Waals surface area contributed by atoms with Gasteiger partial charge < -0.3 is 4.74 Å². The van der Waals surface area contributed by atoms with Crippen molar-refractivity contribution in [1.29, 1.82) is 0 Å². The zero-order valence-electron chi connectivity index (χ0n) is 12.9. The number of likely N-dealkylation sites (tertiary alicyclic amines) is 1. The predicted octanol–water partition coefficient (Wildman–Crippen LogP) is 3.04. The highest BCUT2D eigenvalue weighted by atomic mass is 16.5. The molecular formula is C19H17NO3. The van der Waals surface area contributed by atoms with Gasteiger partial charge in [-0.1, -0.05) is 48.5 Å². The third-order valence-electron chi connectivity index (χ3n) is 3.81. The van der Waals surface area contributed by atoms with E-state index in [2.05, 4.69) is 0 Å². The number of hydrogen-bond acceptors (Lipinski definition) is 3. The normalized spacial score (nSPS) is 16.2. The van der Waals surface area contributed by atoms with E-state index < -0.39 is 0 Å². The predicted molar refractivity (Wildman–Crippen MR) is 87.6 cm³/mol. The quantitative estimate of drug-likeness (QED) is 0.644. The van der Waals surface area contributed by atoms with Gasteiger partial charge in [0, 0.05) is 11.1 Å². The molecule has 0 unspecified atom stereocenters. The molecule has 1 fully saturated rings. The van der Waals surface area contributed by atoms with Gasteiger partial charge in [-0.25, -0.2) is 0 Å². The second-order valence-corrected chi connectivity index (χ2v) is 5.36. The summed E-state index contributed by atoms with van der Waals surface area (Å²) in [4.78, 5) is 26.0. The SMILES string of the molecule is COc1ccccc1/C=C1\CC(=O)N(Cc2ccccc2)C1=O. The molecule has 4 nitrogen and oxygen atoms in total. The highest BCUT2D eigenvalue weighted by molar-refractivity contribution is 6.15. The Morgan fingerprint density at radius 1 is 1.04 bits per heavy atom. The Hall–Kier alpha value is -2.88. The standard InChI is InChI=1S/C19H17NO3/c1-23-17-10-6-5-9-15(17)11-16-12-18(21)20(19(16)22)13-14-7-3-2-4-8-14/h2-11H,12-13H2,1H3/b16-11+. The van der Waals surface area contributed by atoms with Crippen LogP contribution in [0, 0.1) is 0 Å². The molecule has 3 rings (SSSR count). The molecule has 1 heterocycles. The Kier molecular flexibility index (Phi) is 4.24. The lowest BCUT2D eigenvalue weighted by atomic mass is 10.1. The van der Waals surface area contributed by atoms with Gasteiger partial charge in [0.25, 0.3) is 5.91 Å². The van der Waals surface area contributed by atoms with E-state index >= 15 is 0 Å². The molecule has 1 aliphatic rings. The summed E-state index contributed by atoms with van der Waals surface area (Å²) in [7, 11) is 1.58. The molecule has 2 aromatic rings. The average Bonchev–Trinajstić information content (AvgIpc) is 2.84. The second-order valence-electron chi connectivity index (χ2n) is 5.36. The number of nitrogens with zero attached hydrogens (tertiary/aromatic N) is 1. The summed E-state index contributed by atoms with van der Waals surface area (Å²) < 4.78 is 5.29. The summed E-state index contributed by atoms with van der Waals surface area (Å²) in [5.74, 6) is 0.284. The Morgan fingerprint density at radius 3 is 2.48 bits per heavy atom. The van der Waals surface area contributed by atoms with Gasteiger partial charge >= 0.3 is 0 Å². The first-order valence-corrected chi connectivity index (χ1v) is 7.41. The van der Waals surface area contributed by atoms with E-state index in [4.69, 9.17) is 4.74 Å². The molecule has 0 spiro atoms. The molecule has 0 bridgehead atoms. The first-order chi connectivity index (χ1) is 11.2. The van der Waals surface area contributed by atoms with Crippen molar-refractivity contribution in [3.63, 3.8) is 0 Å². The lowest BCUT2D eigenvalue weighted by molar-refractivity contribution is -0.138. The molecule has 0 N–H and O–H groups in total. The van der Waals surface area contributed by atoms with Crippen LogP contribution in [0.2, 0.25) is 0 Å². The van der Waals surface area contributed by atoms with Crippen molar-refractivity contribution in [3.8, 4) is 5.75 Å². The molecule has 0 radical (unpaired) electrons. The minimum absolute atomic E-state index is 0.129. The number of benzene rings is 2. The van der Waals surface area contributed by atoms with Gasteiger partial charge in [0.05, 0.1) is 20.1 Å². The van der Waals surface area contributed by atoms with Crippen LogP contribution in [-0.4, -0.2) is 23.8 Å². The smallest absolute Gasteiger partial charge is 0.257 e. The van der Waals surface area contributed by atoms with Gasteiger partial charge in [0.15, 0.2) is 0 Å². The molecule has 0 saturated carbocycles. The van der Waals surface area contributed by atoms with Crippen molar-refractivity contribution in [2.45, 2.75) is 13.0 Å². The van der Waals surface area contributed by atoms with Crippen LogP contribution in [0.1, 0.15) is 17.5 Å². The molecule has 0 atom stereocenters. The summed E-state index contributed by atoms with van der Waals surface area (Å²) in [6.45, 7) is 0.307. The number of amides is 2. The number of ether oxygens (including phenoxy) is 1. The largest absolute Gasteiger partial charge is 0.496 e. The number of carbonyl (C=O) groups is 2. The van der Waals surface area contributed by atoms with Gasteiger partial charge in [-0.2, -0.15) is 0 Å². The Balaban J connectivity index is 1.85. The van der Waals surface area contributed by atoms with E-state index in [0.29, 0.717) is 17.9 Å². The molecule has 23 heavy (non-hydrogen) atoms. The number of rotatable bonds is 4. The number of methoxy groups -OCH3 is 1. The van der Waals surface area contributed by atoms with Crippen LogP contribution in [0.5, 0.6) is 5.75 Å². The summed E-state index contributed by atoms with van der Waals surface area (Å²) in [6.07, 6.45) is 1.87. The van der Waals surface area contributed by atoms with Gasteiger partial charge in [-0.15, -0.1) is 0 Å². The minimum Gasteiger partial charge on any atom is -0.496 e. The number of carbonyl (C=O) groups excluding carboxylic acids is 2. The molecule has 4 heteroatoms. The highest BCUT2D eigenvalue weighted by Gasteiger charge is 2.33. The van der Waals surface area contributed by atoms with E-state index in [1.807, 2.05) is 54.6 Å². The van der Waals surface area contributed by atoms with E-state index in [-0.39, 0.29) is 18.2 Å². The fraction of sp³-hybridized carbons (Fsp3) is 0.158. The summed E-state index contributed by atoms with van der Waals surface area (Å²) >= 11 is 0. The summed E-state index contributed by atoms with van der Waals surface area (Å²) in [5, 5.41) is 0. The Bertz CT molecular complexity index is 765. The van der Waals surface area contributed by atoms with E-state index in [1.54, 1.807) is 13.2 Å². The van der Waals surface area contributed by atoms with Crippen LogP contribution in [-0.2, 0) is 16.1 Å². The van der Waals surface area contributed by atoms with Gasteiger partial charge in [-0.3, -0.25) is 14.5 Å². The monoisotopic (exact) mass is 307 g/mol. The van der Waals surface area contributed by atoms with E-state index in [0.717, 1.165) is 11.1 Å². The maximum absolute atomic E-state index is 12.5. The van der Waals surface area contributed by atoms with Gasteiger partial charge in [-0.05, 0) is 17.7 Å². The average molecular weight is 307 g/mol. The number of imide groups is 1. The van der Waals surface area contributed by atoms with Crippen LogP contribution in [0.3, 0.4) is 0 Å². The maximum atomic E-state index is 12.5. The third kappa shape index (κ3) is 3.16. The van der Waals surface area contributed by atoms with E-state index in [9.17, 15) is 9.59 Å². The molecular weight excluding hydrogens is 290 g/mol. The van der Waals surface area contributed by atoms with Crippen LogP contribution >= 0.6 is 0 Å². The van der Waals surface area contributed by atoms with Gasteiger partial charge in [0.1, 0.15) is 5.75 Å². The lowest BCUT2D eigenvalue weighted by Crippen LogP contribution is -2.28. The Morgan fingerprint density at radius 2 is 1.74 bits per heavy atom. The summed E-state index contributed by atoms with van der Waals surface area (Å²) in [5.41, 5.74) is 2.23. The second kappa shape index (κ2) is 6.48. The fourth-order valence-electron chi connectivity index (χ4n) is 2.63. The zero-order valence-corrected chi connectivity index (χ0v) is 12.9. The number of para-hydroxylation sites is 1. The highest BCUT2D eigenvalue weighted by Crippen LogP contribution is 2.26. The van der Waals surface area contributed by atoms with Crippen molar-refractivity contribution in [2.75, 3.05) is 7.11 Å². The number of hydrogen-bond donors (Lipinski definition) is 0. The molecule has 2 amide bonds. The topological polar surface area (TPSA) is 46.6 Å². The Labute approximate surface area is 135 Å². The molecule has 0 aliphatic carbocycles. The van der Waals surface area contributed by atoms with Crippen molar-refractivity contribution in [1.82, 2.24) is 4.90 Å².